The van der Waals surface area contributed by atoms with Gasteiger partial charge in [-0.1, -0.05) is 12.1 Å². The van der Waals surface area contributed by atoms with Crippen LogP contribution in [0.25, 0.3) is 0 Å². The van der Waals surface area contributed by atoms with Gasteiger partial charge in [-0.15, -0.1) is 0 Å². The number of nitrogens with two attached hydrogens (primary N) is 1. The zero-order chi connectivity index (χ0) is 17.2. The van der Waals surface area contributed by atoms with Gasteiger partial charge in [-0.2, -0.15) is 5.10 Å². The van der Waals surface area contributed by atoms with Crippen LogP contribution in [0.1, 0.15) is 5.56 Å². The summed E-state index contributed by atoms with van der Waals surface area (Å²) < 4.78 is 51.2. The molecule has 1 aliphatic heterocycles. The number of hydrazone groups is 1. The van der Waals surface area contributed by atoms with Gasteiger partial charge in [0.05, 0.1) is 12.2 Å². The first-order valence-electron chi connectivity index (χ1n) is 6.46. The number of halogens is 4. The minimum absolute atomic E-state index is 0.0547. The van der Waals surface area contributed by atoms with Crippen molar-refractivity contribution >= 4 is 17.8 Å². The van der Waals surface area contributed by atoms with E-state index in [1.54, 1.807) is 0 Å². The predicted molar refractivity (Wildman–Crippen MR) is 75.5 cm³/mol. The first kappa shape index (κ1) is 16.9. The van der Waals surface area contributed by atoms with Crippen LogP contribution in [-0.4, -0.2) is 36.6 Å². The van der Waals surface area contributed by atoms with Crippen LogP contribution in [0.4, 0.5) is 23.2 Å². The molecule has 1 aliphatic rings. The van der Waals surface area contributed by atoms with E-state index < -0.39 is 29.9 Å². The van der Waals surface area contributed by atoms with E-state index in [4.69, 9.17) is 5.73 Å². The van der Waals surface area contributed by atoms with Gasteiger partial charge in [-0.3, -0.25) is 9.80 Å². The normalized spacial score (nSPS) is 15.3. The van der Waals surface area contributed by atoms with Crippen LogP contribution in [0.15, 0.2) is 41.0 Å². The minimum Gasteiger partial charge on any atom is -0.374 e. The van der Waals surface area contributed by atoms with Crippen molar-refractivity contribution in [1.29, 1.82) is 0 Å². The third-order valence-corrected chi connectivity index (χ3v) is 3.41. The molecule has 0 fully saturated rings. The average molecular weight is 331 g/mol. The minimum atomic E-state index is -3.65. The molecule has 0 saturated heterocycles. The molecule has 0 radical (unpaired) electrons. The molecule has 0 atom stereocenters. The van der Waals surface area contributed by atoms with Crippen LogP contribution in [0.3, 0.4) is 0 Å². The van der Waals surface area contributed by atoms with Crippen molar-refractivity contribution in [2.45, 2.75) is 18.5 Å². The molecular weight excluding hydrogens is 318 g/mol. The first-order valence-corrected chi connectivity index (χ1v) is 6.46. The molecule has 0 unspecified atom stereocenters. The van der Waals surface area contributed by atoms with Gasteiger partial charge in [0.25, 0.3) is 12.9 Å². The van der Waals surface area contributed by atoms with Gasteiger partial charge in [-0.05, 0) is 23.8 Å². The second-order valence-electron chi connectivity index (χ2n) is 4.85. The van der Waals surface area contributed by atoms with Crippen molar-refractivity contribution in [2.75, 3.05) is 11.6 Å². The molecule has 0 bridgehead atoms. The molecule has 0 aliphatic carbocycles. The highest BCUT2D eigenvalue weighted by atomic mass is 19.3. The summed E-state index contributed by atoms with van der Waals surface area (Å²) >= 11 is 0. The van der Waals surface area contributed by atoms with Gasteiger partial charge in [0, 0.05) is 11.8 Å². The molecule has 124 valence electrons. The van der Waals surface area contributed by atoms with Gasteiger partial charge in [0.1, 0.15) is 0 Å². The van der Waals surface area contributed by atoms with Crippen molar-refractivity contribution in [3.05, 3.63) is 41.5 Å². The van der Waals surface area contributed by atoms with Crippen LogP contribution in [-0.2, 0) is 10.4 Å². The summed E-state index contributed by atoms with van der Waals surface area (Å²) in [5, 5.41) is 14.8. The van der Waals surface area contributed by atoms with E-state index >= 15 is 0 Å². The van der Waals surface area contributed by atoms with Crippen molar-refractivity contribution in [3.63, 3.8) is 0 Å². The van der Waals surface area contributed by atoms with E-state index in [9.17, 15) is 27.5 Å². The van der Waals surface area contributed by atoms with Crippen LogP contribution in [0.2, 0.25) is 0 Å². The number of carbonyl (C=O) groups is 1. The predicted octanol–water partition coefficient (Wildman–Crippen LogP) is 1.62. The maximum atomic E-state index is 12.8. The summed E-state index contributed by atoms with van der Waals surface area (Å²) in [5.41, 5.74) is 1.65. The Morgan fingerprint density at radius 2 is 1.78 bits per heavy atom. The lowest BCUT2D eigenvalue weighted by Gasteiger charge is -2.28. The number of rotatable bonds is 5. The molecule has 1 heterocycles. The molecule has 1 aromatic rings. The number of aliphatic hydroxyl groups is 1. The molecule has 9 heteroatoms. The molecule has 0 spiro atoms. The fraction of sp³-hybridized carbons (Fsp3) is 0.286. The summed E-state index contributed by atoms with van der Waals surface area (Å²) in [6.45, 7) is 0.0547. The van der Waals surface area contributed by atoms with Gasteiger partial charge in [0.2, 0.25) is 11.5 Å². The molecule has 5 nitrogen and oxygen atoms in total. The highest BCUT2D eigenvalue weighted by Crippen LogP contribution is 2.35. The summed E-state index contributed by atoms with van der Waals surface area (Å²) in [6.07, 6.45) is -4.54. The highest BCUT2D eigenvalue weighted by Gasteiger charge is 2.48. The van der Waals surface area contributed by atoms with E-state index in [-0.39, 0.29) is 12.1 Å². The number of hydrogen-bond donors (Lipinski definition) is 2. The standard InChI is InChI=1S/C14H13F4N3O2/c15-12(16)14(23,13(17)18)9-1-3-10(4-2-9)21-7-8(11(19)22)5-6-20-21/h1-6,12-13,23H,7H2,(H2,19,22). The van der Waals surface area contributed by atoms with Gasteiger partial charge >= 0.3 is 0 Å². The van der Waals surface area contributed by atoms with Crippen LogP contribution in [0.5, 0.6) is 0 Å². The number of carbonyl (C=O) groups excluding carboxylic acids is 1. The molecule has 0 aromatic heterocycles. The first-order chi connectivity index (χ1) is 10.8. The van der Waals surface area contributed by atoms with Crippen LogP contribution < -0.4 is 10.7 Å². The van der Waals surface area contributed by atoms with Gasteiger partial charge in [-0.25, -0.2) is 17.6 Å². The number of nitrogens with zero attached hydrogens (tertiary/aromatic N) is 2. The molecule has 3 N–H and O–H groups in total. The smallest absolute Gasteiger partial charge is 0.276 e. The third-order valence-electron chi connectivity index (χ3n) is 3.41. The molecule has 0 saturated carbocycles. The molecule has 1 amide bonds. The number of amides is 1. The number of hydrogen-bond acceptors (Lipinski definition) is 4. The zero-order valence-corrected chi connectivity index (χ0v) is 11.7. The van der Waals surface area contributed by atoms with E-state index in [0.717, 1.165) is 12.1 Å². The second kappa shape index (κ2) is 6.37. The topological polar surface area (TPSA) is 78.9 Å². The molecule has 23 heavy (non-hydrogen) atoms. The Bertz CT molecular complexity index is 636. The van der Waals surface area contributed by atoms with Crippen molar-refractivity contribution in [1.82, 2.24) is 0 Å². The highest BCUT2D eigenvalue weighted by molar-refractivity contribution is 5.98. The van der Waals surface area contributed by atoms with Crippen molar-refractivity contribution in [3.8, 4) is 0 Å². The Kier molecular flexibility index (Phi) is 4.69. The number of benzene rings is 1. The number of alkyl halides is 4. The Balaban J connectivity index is 2.25. The maximum Gasteiger partial charge on any atom is 0.276 e. The Morgan fingerprint density at radius 1 is 1.22 bits per heavy atom. The quantitative estimate of drug-likeness (QED) is 0.805. The summed E-state index contributed by atoms with van der Waals surface area (Å²) in [5.74, 6) is -0.637. The molecule has 1 aromatic carbocycles. The largest absolute Gasteiger partial charge is 0.374 e. The Labute approximate surface area is 128 Å². The second-order valence-corrected chi connectivity index (χ2v) is 4.85. The lowest BCUT2D eigenvalue weighted by Crippen LogP contribution is -2.41. The van der Waals surface area contributed by atoms with E-state index in [1.807, 2.05) is 0 Å². The summed E-state index contributed by atoms with van der Waals surface area (Å²) in [4.78, 5) is 11.1. The van der Waals surface area contributed by atoms with Gasteiger partial charge in [0.15, 0.2) is 0 Å². The fourth-order valence-corrected chi connectivity index (χ4v) is 2.02. The molecular formula is C14H13F4N3O2. The van der Waals surface area contributed by atoms with E-state index in [0.29, 0.717) is 5.69 Å². The average Bonchev–Trinajstić information content (AvgIpc) is 2.54. The SMILES string of the molecule is NC(=O)C1=CC=NN(c2ccc(C(O)(C(F)F)C(F)F)cc2)C1. The van der Waals surface area contributed by atoms with Gasteiger partial charge < -0.3 is 10.8 Å². The zero-order valence-electron chi connectivity index (χ0n) is 11.7. The van der Waals surface area contributed by atoms with Crippen molar-refractivity contribution < 1.29 is 27.5 Å². The van der Waals surface area contributed by atoms with Crippen molar-refractivity contribution in [2.24, 2.45) is 10.8 Å². The lowest BCUT2D eigenvalue weighted by atomic mass is 9.94. The number of anilines is 1. The van der Waals surface area contributed by atoms with Crippen LogP contribution in [0, 0.1) is 0 Å². The van der Waals surface area contributed by atoms with E-state index in [2.05, 4.69) is 5.10 Å². The Hall–Kier alpha value is -2.42. The number of primary amides is 1. The van der Waals surface area contributed by atoms with Crippen LogP contribution >= 0.6 is 0 Å². The fourth-order valence-electron chi connectivity index (χ4n) is 2.02. The number of allylic oxidation sites excluding steroid dienone is 1. The molecule has 2 rings (SSSR count). The Morgan fingerprint density at radius 3 is 2.26 bits per heavy atom. The lowest BCUT2D eigenvalue weighted by molar-refractivity contribution is -0.183. The third kappa shape index (κ3) is 3.19. The van der Waals surface area contributed by atoms with E-state index in [1.165, 1.54) is 29.4 Å². The maximum absolute atomic E-state index is 12.8. The monoisotopic (exact) mass is 331 g/mol. The summed E-state index contributed by atoms with van der Waals surface area (Å²) in [6, 6.07) is 4.41. The summed E-state index contributed by atoms with van der Waals surface area (Å²) in [7, 11) is 0.